The number of nitrogens with one attached hydrogen (secondary N) is 2. The largest absolute Gasteiger partial charge is 0.573 e. The van der Waals surface area contributed by atoms with Gasteiger partial charge in [0.25, 0.3) is 5.91 Å². The van der Waals surface area contributed by atoms with E-state index in [1.807, 2.05) is 13.8 Å². The number of nitrogens with zero attached hydrogens (tertiary/aromatic N) is 2. The van der Waals surface area contributed by atoms with E-state index >= 15 is 0 Å². The molecule has 0 unspecified atom stereocenters. The Labute approximate surface area is 182 Å². The Hall–Kier alpha value is -3.82. The van der Waals surface area contributed by atoms with Crippen LogP contribution in [-0.4, -0.2) is 28.3 Å². The number of nitrogens with two attached hydrogens (primary N) is 1. The van der Waals surface area contributed by atoms with E-state index in [0.717, 1.165) is 6.42 Å². The summed E-state index contributed by atoms with van der Waals surface area (Å²) < 4.78 is 41.8. The smallest absolute Gasteiger partial charge is 0.406 e. The second-order valence-corrected chi connectivity index (χ2v) is 7.07. The molecule has 4 N–H and O–H groups in total. The Balaban J connectivity index is 1.95. The first-order chi connectivity index (χ1) is 15.1. The van der Waals surface area contributed by atoms with Crippen molar-refractivity contribution in [2.45, 2.75) is 32.7 Å². The van der Waals surface area contributed by atoms with Crippen molar-refractivity contribution in [3.05, 3.63) is 60.2 Å². The molecule has 0 aliphatic heterocycles. The Bertz CT molecular complexity index is 1090. The molecule has 3 aromatic rings. The molecule has 32 heavy (non-hydrogen) atoms. The van der Waals surface area contributed by atoms with E-state index in [4.69, 9.17) is 5.73 Å². The van der Waals surface area contributed by atoms with Gasteiger partial charge in [0.05, 0.1) is 5.69 Å². The highest BCUT2D eigenvalue weighted by molar-refractivity contribution is 6.04. The van der Waals surface area contributed by atoms with E-state index in [1.165, 1.54) is 24.3 Å². The number of amides is 1. The van der Waals surface area contributed by atoms with Gasteiger partial charge in [-0.1, -0.05) is 19.1 Å². The highest BCUT2D eigenvalue weighted by Crippen LogP contribution is 2.29. The monoisotopic (exact) mass is 445 g/mol. The zero-order chi connectivity index (χ0) is 23.3. The summed E-state index contributed by atoms with van der Waals surface area (Å²) in [6, 6.07) is 13.3. The molecule has 1 atom stereocenters. The lowest BCUT2D eigenvalue weighted by atomic mass is 10.1. The number of benzene rings is 2. The van der Waals surface area contributed by atoms with Gasteiger partial charge in [0.15, 0.2) is 0 Å². The number of hydrogen-bond acceptors (Lipinski definition) is 6. The molecule has 1 aromatic heterocycles. The van der Waals surface area contributed by atoms with E-state index < -0.39 is 12.3 Å². The fourth-order valence-electron chi connectivity index (χ4n) is 2.72. The molecule has 0 bridgehead atoms. The molecular weight excluding hydrogens is 423 g/mol. The van der Waals surface area contributed by atoms with E-state index in [2.05, 4.69) is 25.3 Å². The molecule has 0 aliphatic carbocycles. The van der Waals surface area contributed by atoms with Crippen LogP contribution in [0.15, 0.2) is 54.6 Å². The van der Waals surface area contributed by atoms with Crippen LogP contribution in [0.4, 0.5) is 30.6 Å². The predicted octanol–water partition coefficient (Wildman–Crippen LogP) is 5.09. The summed E-state index contributed by atoms with van der Waals surface area (Å²) in [7, 11) is 0. The molecule has 10 heteroatoms. The summed E-state index contributed by atoms with van der Waals surface area (Å²) >= 11 is 0. The Kier molecular flexibility index (Phi) is 6.82. The molecule has 0 fully saturated rings. The maximum absolute atomic E-state index is 12.6. The zero-order valence-electron chi connectivity index (χ0n) is 17.4. The van der Waals surface area contributed by atoms with Crippen molar-refractivity contribution in [2.24, 2.45) is 0 Å². The summed E-state index contributed by atoms with van der Waals surface area (Å²) in [6.45, 7) is 3.91. The van der Waals surface area contributed by atoms with E-state index in [-0.39, 0.29) is 23.6 Å². The van der Waals surface area contributed by atoms with Gasteiger partial charge in [-0.25, -0.2) is 4.98 Å². The number of ether oxygens (including phenoxy) is 1. The number of alkyl halides is 3. The van der Waals surface area contributed by atoms with Crippen molar-refractivity contribution in [3.8, 4) is 17.0 Å². The number of rotatable bonds is 7. The van der Waals surface area contributed by atoms with Gasteiger partial charge in [0.1, 0.15) is 11.6 Å². The third-order valence-corrected chi connectivity index (χ3v) is 4.49. The molecule has 0 saturated heterocycles. The standard InChI is InChI=1S/C22H22F3N5O2/c1-3-13(2)27-21-28-18(15-5-4-6-17(11-15)32-22(23,24)25)12-19(30-21)29-20(31)14-7-9-16(26)10-8-14/h4-13H,3,26H2,1-2H3,(H2,27,28,29,30,31)/t13-/m1/s1. The SMILES string of the molecule is CC[C@@H](C)Nc1nc(NC(=O)c2ccc(N)cc2)cc(-c2cccc(OC(F)(F)F)c2)n1. The lowest BCUT2D eigenvalue weighted by molar-refractivity contribution is -0.274. The first kappa shape index (κ1) is 22.9. The molecule has 0 spiro atoms. The van der Waals surface area contributed by atoms with Crippen LogP contribution in [0, 0.1) is 0 Å². The number of halogens is 3. The van der Waals surface area contributed by atoms with E-state index in [0.29, 0.717) is 22.5 Å². The highest BCUT2D eigenvalue weighted by Gasteiger charge is 2.31. The molecular formula is C22H22F3N5O2. The van der Waals surface area contributed by atoms with Crippen LogP contribution in [-0.2, 0) is 0 Å². The Morgan fingerprint density at radius 3 is 2.50 bits per heavy atom. The van der Waals surface area contributed by atoms with Crippen LogP contribution in [0.25, 0.3) is 11.3 Å². The van der Waals surface area contributed by atoms with Gasteiger partial charge in [-0.3, -0.25) is 4.79 Å². The third kappa shape index (κ3) is 6.34. The van der Waals surface area contributed by atoms with Crippen molar-refractivity contribution in [1.82, 2.24) is 9.97 Å². The predicted molar refractivity (Wildman–Crippen MR) is 116 cm³/mol. The van der Waals surface area contributed by atoms with Gasteiger partial charge in [-0.15, -0.1) is 13.2 Å². The second-order valence-electron chi connectivity index (χ2n) is 7.07. The van der Waals surface area contributed by atoms with Crippen molar-refractivity contribution >= 4 is 23.4 Å². The normalized spacial score (nSPS) is 12.2. The van der Waals surface area contributed by atoms with Crippen LogP contribution < -0.4 is 21.1 Å². The lowest BCUT2D eigenvalue weighted by Crippen LogP contribution is -2.18. The maximum Gasteiger partial charge on any atom is 0.573 e. The molecule has 1 heterocycles. The number of nitrogen functional groups attached to an aromatic ring is 1. The average Bonchev–Trinajstić information content (AvgIpc) is 2.73. The zero-order valence-corrected chi connectivity index (χ0v) is 17.4. The summed E-state index contributed by atoms with van der Waals surface area (Å²) in [4.78, 5) is 21.3. The van der Waals surface area contributed by atoms with Crippen LogP contribution in [0.3, 0.4) is 0 Å². The van der Waals surface area contributed by atoms with Crippen LogP contribution in [0.2, 0.25) is 0 Å². The van der Waals surface area contributed by atoms with Gasteiger partial charge in [-0.2, -0.15) is 4.98 Å². The molecule has 0 aliphatic rings. The van der Waals surface area contributed by atoms with Crippen LogP contribution in [0.1, 0.15) is 30.6 Å². The third-order valence-electron chi connectivity index (χ3n) is 4.49. The summed E-state index contributed by atoms with van der Waals surface area (Å²) in [5, 5.41) is 5.80. The average molecular weight is 445 g/mol. The van der Waals surface area contributed by atoms with Crippen LogP contribution in [0.5, 0.6) is 5.75 Å². The molecule has 0 radical (unpaired) electrons. The molecule has 0 saturated carbocycles. The summed E-state index contributed by atoms with van der Waals surface area (Å²) in [5.74, 6) is -0.382. The summed E-state index contributed by atoms with van der Waals surface area (Å²) in [5.41, 5.74) is 7.22. The minimum Gasteiger partial charge on any atom is -0.406 e. The van der Waals surface area contributed by atoms with Gasteiger partial charge in [0.2, 0.25) is 5.95 Å². The molecule has 1 amide bonds. The molecule has 168 valence electrons. The van der Waals surface area contributed by atoms with E-state index in [1.54, 1.807) is 30.3 Å². The number of anilines is 3. The first-order valence-electron chi connectivity index (χ1n) is 9.81. The molecule has 2 aromatic carbocycles. The molecule has 7 nitrogen and oxygen atoms in total. The highest BCUT2D eigenvalue weighted by atomic mass is 19.4. The van der Waals surface area contributed by atoms with Gasteiger partial charge in [0, 0.05) is 28.9 Å². The van der Waals surface area contributed by atoms with Crippen molar-refractivity contribution < 1.29 is 22.7 Å². The first-order valence-corrected chi connectivity index (χ1v) is 9.81. The topological polar surface area (TPSA) is 102 Å². The molecule has 3 rings (SSSR count). The van der Waals surface area contributed by atoms with Crippen molar-refractivity contribution in [3.63, 3.8) is 0 Å². The van der Waals surface area contributed by atoms with Crippen molar-refractivity contribution in [2.75, 3.05) is 16.4 Å². The van der Waals surface area contributed by atoms with E-state index in [9.17, 15) is 18.0 Å². The Morgan fingerprint density at radius 2 is 1.84 bits per heavy atom. The fraction of sp³-hybridized carbons (Fsp3) is 0.227. The second kappa shape index (κ2) is 9.54. The minimum atomic E-state index is -4.81. The maximum atomic E-state index is 12.6. The number of aromatic nitrogens is 2. The number of carbonyl (C=O) groups is 1. The van der Waals surface area contributed by atoms with Gasteiger partial charge >= 0.3 is 6.36 Å². The number of carbonyl (C=O) groups excluding carboxylic acids is 1. The lowest BCUT2D eigenvalue weighted by Gasteiger charge is -2.15. The van der Waals surface area contributed by atoms with Gasteiger partial charge in [-0.05, 0) is 49.7 Å². The minimum absolute atomic E-state index is 0.0331. The van der Waals surface area contributed by atoms with Gasteiger partial charge < -0.3 is 21.1 Å². The quantitative estimate of drug-likeness (QED) is 0.438. The summed E-state index contributed by atoms with van der Waals surface area (Å²) in [6.07, 6.45) is -4.03. The number of hydrogen-bond donors (Lipinski definition) is 3. The van der Waals surface area contributed by atoms with Crippen molar-refractivity contribution in [1.29, 1.82) is 0 Å². The Morgan fingerprint density at radius 1 is 1.12 bits per heavy atom. The van der Waals surface area contributed by atoms with Crippen LogP contribution >= 0.6 is 0 Å². The fourth-order valence-corrected chi connectivity index (χ4v) is 2.72.